The molecule has 116 valence electrons. The Balaban J connectivity index is 2.02. The van der Waals surface area contributed by atoms with E-state index in [1.807, 2.05) is 0 Å². The zero-order valence-corrected chi connectivity index (χ0v) is 11.9. The molecule has 2 unspecified atom stereocenters. The zero-order valence-electron chi connectivity index (χ0n) is 21.9. The fraction of sp³-hybridized carbons (Fsp3) is 0.556. The van der Waals surface area contributed by atoms with Gasteiger partial charge in [-0.05, 0) is 37.9 Å². The molecule has 2 aliphatic carbocycles. The number of methoxy groups -OCH3 is 1. The number of likely N-dealkylation sites (N-methyl/N-ethyl adjacent to an activating group) is 1. The molecule has 0 saturated carbocycles. The summed E-state index contributed by atoms with van der Waals surface area (Å²) in [5, 5.41) is 10.9. The molecule has 4 heteroatoms. The quantitative estimate of drug-likeness (QED) is 0.798. The summed E-state index contributed by atoms with van der Waals surface area (Å²) in [6.07, 6.45) is -4.98. The van der Waals surface area contributed by atoms with E-state index in [-0.39, 0.29) is 30.0 Å². The molecule has 0 amide bonds. The molecule has 2 heterocycles. The summed E-state index contributed by atoms with van der Waals surface area (Å²) in [6, 6.07) is -3.92. The maximum Gasteiger partial charge on any atom is 0.165 e. The van der Waals surface area contributed by atoms with Gasteiger partial charge in [-0.3, -0.25) is 0 Å². The Morgan fingerprint density at radius 3 is 3.32 bits per heavy atom. The van der Waals surface area contributed by atoms with Crippen molar-refractivity contribution in [2.24, 2.45) is 5.89 Å². The van der Waals surface area contributed by atoms with Crippen LogP contribution in [0, 0.1) is 5.89 Å². The largest absolute Gasteiger partial charge is 0.493 e. The van der Waals surface area contributed by atoms with Gasteiger partial charge in [0.15, 0.2) is 11.5 Å². The smallest absolute Gasteiger partial charge is 0.165 e. The minimum absolute atomic E-state index is 0.00319. The Hall–Kier alpha value is -1.52. The molecule has 4 aliphatic rings. The molecule has 0 radical (unpaired) electrons. The van der Waals surface area contributed by atoms with E-state index in [1.165, 1.54) is 7.11 Å². The molecule has 1 saturated heterocycles. The highest BCUT2D eigenvalue weighted by Gasteiger charge is 2.64. The van der Waals surface area contributed by atoms with Crippen LogP contribution < -0.4 is 9.47 Å². The molecule has 1 aromatic rings. The lowest BCUT2D eigenvalue weighted by Crippen LogP contribution is -2.64. The maximum atomic E-state index is 10.9. The van der Waals surface area contributed by atoms with Crippen molar-refractivity contribution < 1.29 is 28.3 Å². The van der Waals surface area contributed by atoms with Crippen molar-refractivity contribution in [3.05, 3.63) is 35.4 Å². The lowest BCUT2D eigenvalue weighted by molar-refractivity contribution is -0.0453. The number of likely N-dealkylation sites (tertiary alicyclic amines) is 1. The van der Waals surface area contributed by atoms with Crippen molar-refractivity contribution in [2.75, 3.05) is 20.6 Å². The molecule has 0 aromatic heterocycles. The first-order valence-corrected chi connectivity index (χ1v) is 7.13. The van der Waals surface area contributed by atoms with Crippen LogP contribution >= 0.6 is 0 Å². The van der Waals surface area contributed by atoms with Crippen LogP contribution in [0.15, 0.2) is 24.2 Å². The highest BCUT2D eigenvalue weighted by molar-refractivity contribution is 5.62. The summed E-state index contributed by atoms with van der Waals surface area (Å²) in [7, 11) is 1.24. The van der Waals surface area contributed by atoms with Gasteiger partial charge in [-0.2, -0.15) is 0 Å². The van der Waals surface area contributed by atoms with Crippen LogP contribution in [-0.4, -0.2) is 48.8 Å². The standard InChI is InChI=1S/C18H21NO3/c1-19-8-7-18-11-4-5-13(20)17(18)22-16-14(21-2)6-3-10(15(16)18)9-12(11)19/h3-6,11-13,17,20H,7-9H2,1-2H3/t11-,12+,13?,17?,18-/m0/s1/i1D3,3D,6D,9D2,11D,12D,13D. The fourth-order valence-corrected chi connectivity index (χ4v) is 4.06. The second kappa shape index (κ2) is 4.06. The Morgan fingerprint density at radius 1 is 1.59 bits per heavy atom. The van der Waals surface area contributed by atoms with Gasteiger partial charge < -0.3 is 19.5 Å². The van der Waals surface area contributed by atoms with Crippen LogP contribution in [0.1, 0.15) is 31.3 Å². The van der Waals surface area contributed by atoms with E-state index >= 15 is 0 Å². The summed E-state index contributed by atoms with van der Waals surface area (Å²) in [4.78, 5) is 0.641. The van der Waals surface area contributed by atoms with Crippen LogP contribution in [0.25, 0.3) is 0 Å². The highest BCUT2D eigenvalue weighted by Crippen LogP contribution is 2.62. The third-order valence-electron chi connectivity index (χ3n) is 4.99. The van der Waals surface area contributed by atoms with E-state index < -0.39 is 60.5 Å². The third-order valence-corrected chi connectivity index (χ3v) is 4.99. The summed E-state index contributed by atoms with van der Waals surface area (Å²) in [5.41, 5.74) is -2.14. The van der Waals surface area contributed by atoms with Gasteiger partial charge in [0, 0.05) is 32.5 Å². The van der Waals surface area contributed by atoms with Crippen molar-refractivity contribution in [2.45, 2.75) is 36.4 Å². The van der Waals surface area contributed by atoms with E-state index in [1.54, 1.807) is 0 Å². The number of hydrogen-bond donors (Lipinski definition) is 1. The highest BCUT2D eigenvalue weighted by atomic mass is 16.5. The molecule has 1 fully saturated rings. The van der Waals surface area contributed by atoms with Gasteiger partial charge in [0.25, 0.3) is 0 Å². The number of aliphatic hydroxyl groups is 1. The molecule has 1 N–H and O–H groups in total. The number of rotatable bonds is 1. The average Bonchev–Trinajstić information content (AvgIpc) is 3.00. The lowest BCUT2D eigenvalue weighted by atomic mass is 9.53. The van der Waals surface area contributed by atoms with Crippen LogP contribution in [0.5, 0.6) is 11.5 Å². The summed E-state index contributed by atoms with van der Waals surface area (Å²) < 4.78 is 97.1. The van der Waals surface area contributed by atoms with Gasteiger partial charge in [-0.1, -0.05) is 18.2 Å². The van der Waals surface area contributed by atoms with Gasteiger partial charge >= 0.3 is 0 Å². The second-order valence-corrected chi connectivity index (χ2v) is 5.88. The van der Waals surface area contributed by atoms with Crippen molar-refractivity contribution >= 4 is 0 Å². The molecular weight excluding hydrogens is 278 g/mol. The predicted octanol–water partition coefficient (Wildman–Crippen LogP) is 1.50. The minimum atomic E-state index is -2.94. The molecule has 1 spiro atoms. The summed E-state index contributed by atoms with van der Waals surface area (Å²) in [5.74, 6) is -2.65. The van der Waals surface area contributed by atoms with Crippen molar-refractivity contribution in [1.29, 1.82) is 0 Å². The normalized spacial score (nSPS) is 60.5. The molecule has 5 atom stereocenters. The third kappa shape index (κ3) is 1.28. The molecule has 22 heavy (non-hydrogen) atoms. The van der Waals surface area contributed by atoms with Crippen molar-refractivity contribution in [3.8, 4) is 11.5 Å². The summed E-state index contributed by atoms with van der Waals surface area (Å²) >= 11 is 0. The second-order valence-electron chi connectivity index (χ2n) is 5.88. The average molecular weight is 309 g/mol. The molecule has 4 nitrogen and oxygen atoms in total. The number of hydrogen-bond acceptors (Lipinski definition) is 4. The number of piperidine rings is 1. The van der Waals surface area contributed by atoms with Gasteiger partial charge in [-0.15, -0.1) is 0 Å². The van der Waals surface area contributed by atoms with E-state index in [2.05, 4.69) is 0 Å². The van der Waals surface area contributed by atoms with Crippen LogP contribution in [0.2, 0.25) is 0 Å². The Labute approximate surface area is 144 Å². The number of nitrogens with zero attached hydrogens (tertiary/aromatic N) is 1. The fourth-order valence-electron chi connectivity index (χ4n) is 4.06. The molecule has 1 aromatic carbocycles. The van der Waals surface area contributed by atoms with Gasteiger partial charge in [-0.25, -0.2) is 0 Å². The molecule has 5 rings (SSSR count). The number of ether oxygens (including phenoxy) is 2. The first-order chi connectivity index (χ1) is 14.5. The first kappa shape index (κ1) is 6.54. The van der Waals surface area contributed by atoms with Crippen molar-refractivity contribution in [3.63, 3.8) is 0 Å². The molecule has 2 aliphatic heterocycles. The Bertz CT molecular complexity index is 1090. The predicted molar refractivity (Wildman–Crippen MR) is 82.5 cm³/mol. The minimum Gasteiger partial charge on any atom is -0.493 e. The van der Waals surface area contributed by atoms with Crippen LogP contribution in [0.3, 0.4) is 0 Å². The Kier molecular flexibility index (Phi) is 1.21. The Morgan fingerprint density at radius 2 is 2.50 bits per heavy atom. The number of benzene rings is 1. The monoisotopic (exact) mass is 309 g/mol. The van der Waals surface area contributed by atoms with Gasteiger partial charge in [0.05, 0.1) is 11.2 Å². The maximum absolute atomic E-state index is 10.9. The zero-order chi connectivity index (χ0) is 23.9. The SMILES string of the molecule is [2H]c1c([2H])c2c3c(c1OC)OC1C([2H])(O)C=C[C@]4([2H])[C@@]31CCN(C([2H])([2H])[2H])[C@]4([2H])C2([2H])[2H]. The van der Waals surface area contributed by atoms with Gasteiger partial charge in [0.2, 0.25) is 0 Å². The van der Waals surface area contributed by atoms with Crippen molar-refractivity contribution in [1.82, 2.24) is 4.90 Å². The van der Waals surface area contributed by atoms with E-state index in [0.717, 1.165) is 12.2 Å². The molecular formula is C18H21NO3. The first-order valence-electron chi connectivity index (χ1n) is 12.1. The molecule has 2 bridgehead atoms. The summed E-state index contributed by atoms with van der Waals surface area (Å²) in [6.45, 7) is -3.28. The van der Waals surface area contributed by atoms with Crippen LogP contribution in [0.4, 0.5) is 0 Å². The van der Waals surface area contributed by atoms with Crippen LogP contribution in [-0.2, 0) is 11.8 Å². The topological polar surface area (TPSA) is 41.9 Å². The lowest BCUT2D eigenvalue weighted by Gasteiger charge is -2.56. The van der Waals surface area contributed by atoms with E-state index in [9.17, 15) is 7.85 Å². The van der Waals surface area contributed by atoms with E-state index in [0.29, 0.717) is 4.90 Å². The van der Waals surface area contributed by atoms with Gasteiger partial charge in [0.1, 0.15) is 12.2 Å². The van der Waals surface area contributed by atoms with E-state index in [4.69, 9.17) is 20.4 Å².